The predicted molar refractivity (Wildman–Crippen MR) is 126 cm³/mol. The van der Waals surface area contributed by atoms with Gasteiger partial charge in [0.15, 0.2) is 6.61 Å². The molecule has 2 N–H and O–H groups in total. The number of ether oxygens (including phenoxy) is 2. The van der Waals surface area contributed by atoms with E-state index in [2.05, 4.69) is 31.1 Å². The Morgan fingerprint density at radius 2 is 1.71 bits per heavy atom. The van der Waals surface area contributed by atoms with Gasteiger partial charge in [-0.2, -0.15) is 0 Å². The Balaban J connectivity index is 1.59. The van der Waals surface area contributed by atoms with Crippen molar-refractivity contribution in [2.75, 3.05) is 19.8 Å². The molecule has 3 rings (SSSR count). The molecule has 0 radical (unpaired) electrons. The number of imide groups is 1. The molecule has 1 saturated heterocycles. The highest BCUT2D eigenvalue weighted by Crippen LogP contribution is 2.43. The van der Waals surface area contributed by atoms with E-state index >= 15 is 0 Å². The number of carbonyl (C=O) groups is 5. The summed E-state index contributed by atoms with van der Waals surface area (Å²) in [5.41, 5.74) is 0.418. The van der Waals surface area contributed by atoms with Crippen molar-refractivity contribution in [3.63, 3.8) is 0 Å². The first-order chi connectivity index (χ1) is 16.3. The van der Waals surface area contributed by atoms with Gasteiger partial charge < -0.3 is 19.8 Å². The summed E-state index contributed by atoms with van der Waals surface area (Å²) in [6, 6.07) is -0.621. The van der Waals surface area contributed by atoms with Crippen LogP contribution in [-0.4, -0.2) is 64.8 Å². The van der Waals surface area contributed by atoms with Gasteiger partial charge >= 0.3 is 18.0 Å². The molecule has 1 aliphatic heterocycles. The van der Waals surface area contributed by atoms with Crippen molar-refractivity contribution in [3.05, 3.63) is 22.5 Å². The van der Waals surface area contributed by atoms with E-state index < -0.39 is 48.4 Å². The molecule has 0 aromatic carbocycles. The molecule has 1 aromatic rings. The Morgan fingerprint density at radius 1 is 1.09 bits per heavy atom. The zero-order valence-electron chi connectivity index (χ0n) is 21.3. The molecule has 35 heavy (non-hydrogen) atoms. The molecule has 2 aliphatic rings. The van der Waals surface area contributed by atoms with E-state index in [-0.39, 0.29) is 23.3 Å². The standard InChI is InChI=1S/C25H35N3O7/c1-7-34-21(31)20-14(2)19(15(3)26-20)17(29)13-35-18(30)12-28-22(32)25(27-23(28)33)10-8-16(9-11-25)24(4,5)6/h16,26H,7-13H2,1-6H3,(H,27,33). The van der Waals surface area contributed by atoms with E-state index in [1.54, 1.807) is 20.8 Å². The van der Waals surface area contributed by atoms with Gasteiger partial charge in [-0.15, -0.1) is 0 Å². The lowest BCUT2D eigenvalue weighted by Crippen LogP contribution is -2.50. The van der Waals surface area contributed by atoms with Crippen LogP contribution in [-0.2, 0) is 19.1 Å². The summed E-state index contributed by atoms with van der Waals surface area (Å²) in [7, 11) is 0. The number of hydrogen-bond acceptors (Lipinski definition) is 7. The third kappa shape index (κ3) is 5.26. The summed E-state index contributed by atoms with van der Waals surface area (Å²) in [6.45, 7) is 10.5. The SMILES string of the molecule is CCOC(=O)c1[nH]c(C)c(C(=O)COC(=O)CN2C(=O)NC3(CCC(C(C)(C)C)CC3)C2=O)c1C. The average molecular weight is 490 g/mol. The number of rotatable bonds is 7. The first kappa shape index (κ1) is 26.4. The zero-order valence-corrected chi connectivity index (χ0v) is 21.3. The molecule has 3 amide bonds. The molecule has 192 valence electrons. The molecule has 0 atom stereocenters. The number of amides is 3. The molecule has 1 spiro atoms. The number of aromatic nitrogens is 1. The fourth-order valence-corrected chi connectivity index (χ4v) is 5.10. The molecule has 0 bridgehead atoms. The summed E-state index contributed by atoms with van der Waals surface area (Å²) in [5.74, 6) is -1.91. The summed E-state index contributed by atoms with van der Waals surface area (Å²) < 4.78 is 10.1. The fourth-order valence-electron chi connectivity index (χ4n) is 5.10. The van der Waals surface area contributed by atoms with Gasteiger partial charge in [0, 0.05) is 11.3 Å². The molecule has 2 heterocycles. The minimum Gasteiger partial charge on any atom is -0.461 e. The monoisotopic (exact) mass is 489 g/mol. The van der Waals surface area contributed by atoms with E-state index in [1.807, 2.05) is 0 Å². The number of aryl methyl sites for hydroxylation is 1. The van der Waals surface area contributed by atoms with Crippen LogP contribution in [0.4, 0.5) is 4.79 Å². The van der Waals surface area contributed by atoms with E-state index in [4.69, 9.17) is 9.47 Å². The number of nitrogens with zero attached hydrogens (tertiary/aromatic N) is 1. The summed E-state index contributed by atoms with van der Waals surface area (Å²) in [5, 5.41) is 2.79. The Labute approximate surface area is 205 Å². The number of nitrogens with one attached hydrogen (secondary N) is 2. The number of esters is 2. The average Bonchev–Trinajstić information content (AvgIpc) is 3.19. The van der Waals surface area contributed by atoms with Crippen LogP contribution in [0, 0.1) is 25.2 Å². The van der Waals surface area contributed by atoms with Crippen molar-refractivity contribution < 1.29 is 33.4 Å². The number of urea groups is 1. The van der Waals surface area contributed by atoms with Gasteiger partial charge in [0.2, 0.25) is 5.78 Å². The highest BCUT2D eigenvalue weighted by molar-refractivity contribution is 6.09. The quantitative estimate of drug-likeness (QED) is 0.341. The normalized spacial score (nSPS) is 22.3. The van der Waals surface area contributed by atoms with Gasteiger partial charge in [0.1, 0.15) is 17.8 Å². The summed E-state index contributed by atoms with van der Waals surface area (Å²) >= 11 is 0. The van der Waals surface area contributed by atoms with Crippen LogP contribution in [0.25, 0.3) is 0 Å². The minimum absolute atomic E-state index is 0.122. The maximum atomic E-state index is 13.1. The molecule has 1 saturated carbocycles. The lowest BCUT2D eigenvalue weighted by molar-refractivity contribution is -0.147. The number of hydrogen-bond donors (Lipinski definition) is 2. The predicted octanol–water partition coefficient (Wildman–Crippen LogP) is 3.06. The number of H-pyrrole nitrogens is 1. The minimum atomic E-state index is -0.974. The number of Topliss-reactive ketones (excluding diaryl/α,β-unsaturated/α-hetero) is 1. The van der Waals surface area contributed by atoms with Crippen LogP contribution in [0.1, 0.15) is 85.5 Å². The second-order valence-electron chi connectivity index (χ2n) is 10.5. The van der Waals surface area contributed by atoms with Crippen LogP contribution in [0.5, 0.6) is 0 Å². The third-order valence-corrected chi connectivity index (χ3v) is 7.16. The largest absolute Gasteiger partial charge is 0.461 e. The molecule has 2 fully saturated rings. The van der Waals surface area contributed by atoms with E-state index in [0.29, 0.717) is 30.0 Å². The van der Waals surface area contributed by atoms with Crippen LogP contribution in [0.3, 0.4) is 0 Å². The molecular weight excluding hydrogens is 454 g/mol. The Kier molecular flexibility index (Phi) is 7.42. The van der Waals surface area contributed by atoms with E-state index in [9.17, 15) is 24.0 Å². The Hall–Kier alpha value is -3.17. The lowest BCUT2D eigenvalue weighted by atomic mass is 9.67. The van der Waals surface area contributed by atoms with Gasteiger partial charge in [-0.1, -0.05) is 20.8 Å². The number of carbonyl (C=O) groups excluding carboxylic acids is 5. The Morgan fingerprint density at radius 3 is 2.29 bits per heavy atom. The molecule has 10 nitrogen and oxygen atoms in total. The third-order valence-electron chi connectivity index (χ3n) is 7.16. The zero-order chi connectivity index (χ0) is 26.1. The Bertz CT molecular complexity index is 1040. The van der Waals surface area contributed by atoms with Crippen molar-refractivity contribution in [1.82, 2.24) is 15.2 Å². The van der Waals surface area contributed by atoms with Crippen LogP contribution in [0.15, 0.2) is 0 Å². The number of aromatic amines is 1. The molecule has 1 aliphatic carbocycles. The second kappa shape index (κ2) is 9.83. The van der Waals surface area contributed by atoms with Gasteiger partial charge in [-0.25, -0.2) is 9.59 Å². The maximum absolute atomic E-state index is 13.1. The van der Waals surface area contributed by atoms with Crippen LogP contribution in [0.2, 0.25) is 0 Å². The van der Waals surface area contributed by atoms with E-state index in [1.165, 1.54) is 0 Å². The first-order valence-electron chi connectivity index (χ1n) is 12.0. The highest BCUT2D eigenvalue weighted by atomic mass is 16.5. The van der Waals surface area contributed by atoms with Gasteiger partial charge in [-0.3, -0.25) is 19.3 Å². The summed E-state index contributed by atoms with van der Waals surface area (Å²) in [6.07, 6.45) is 2.67. The van der Waals surface area contributed by atoms with Crippen molar-refractivity contribution >= 4 is 29.7 Å². The lowest BCUT2D eigenvalue weighted by Gasteiger charge is -2.40. The van der Waals surface area contributed by atoms with Gasteiger partial charge in [0.25, 0.3) is 5.91 Å². The molecule has 0 unspecified atom stereocenters. The molecule has 1 aromatic heterocycles. The summed E-state index contributed by atoms with van der Waals surface area (Å²) in [4.78, 5) is 66.5. The highest BCUT2D eigenvalue weighted by Gasteiger charge is 2.53. The maximum Gasteiger partial charge on any atom is 0.355 e. The van der Waals surface area contributed by atoms with Crippen molar-refractivity contribution in [3.8, 4) is 0 Å². The molecule has 10 heteroatoms. The van der Waals surface area contributed by atoms with Crippen LogP contribution >= 0.6 is 0 Å². The fraction of sp³-hybridized carbons (Fsp3) is 0.640. The topological polar surface area (TPSA) is 135 Å². The smallest absolute Gasteiger partial charge is 0.355 e. The van der Waals surface area contributed by atoms with Crippen molar-refractivity contribution in [2.24, 2.45) is 11.3 Å². The van der Waals surface area contributed by atoms with E-state index in [0.717, 1.165) is 17.7 Å². The second-order valence-corrected chi connectivity index (χ2v) is 10.5. The molecular formula is C25H35N3O7. The van der Waals surface area contributed by atoms with Crippen LogP contribution < -0.4 is 5.32 Å². The van der Waals surface area contributed by atoms with Gasteiger partial charge in [-0.05, 0) is 63.4 Å². The number of ketones is 1. The first-order valence-corrected chi connectivity index (χ1v) is 12.0. The van der Waals surface area contributed by atoms with Gasteiger partial charge in [0.05, 0.1) is 6.61 Å². The van der Waals surface area contributed by atoms with Crippen molar-refractivity contribution in [1.29, 1.82) is 0 Å². The van der Waals surface area contributed by atoms with Crippen molar-refractivity contribution in [2.45, 2.75) is 72.8 Å².